The van der Waals surface area contributed by atoms with Crippen molar-refractivity contribution >= 4 is 21.3 Å². The van der Waals surface area contributed by atoms with Gasteiger partial charge in [0.25, 0.3) is 0 Å². The van der Waals surface area contributed by atoms with Gasteiger partial charge in [-0.05, 0) is 17.9 Å². The van der Waals surface area contributed by atoms with E-state index in [0.29, 0.717) is 11.0 Å². The minimum absolute atomic E-state index is 0.198. The van der Waals surface area contributed by atoms with Crippen LogP contribution in [0.2, 0.25) is 0 Å². The first-order chi connectivity index (χ1) is 6.97. The maximum Gasteiger partial charge on any atom is 0.329 e. The van der Waals surface area contributed by atoms with Gasteiger partial charge in [-0.15, -0.1) is 0 Å². The lowest BCUT2D eigenvalue weighted by Gasteiger charge is -2.26. The van der Waals surface area contributed by atoms with Gasteiger partial charge >= 0.3 is 5.00 Å². The van der Waals surface area contributed by atoms with Gasteiger partial charge in [-0.2, -0.15) is 0 Å². The van der Waals surface area contributed by atoms with Crippen LogP contribution in [-0.4, -0.2) is 32.1 Å². The van der Waals surface area contributed by atoms with Gasteiger partial charge in [0.2, 0.25) is 0 Å². The van der Waals surface area contributed by atoms with Gasteiger partial charge in [0.05, 0.1) is 25.6 Å². The Bertz CT molecular complexity index is 349. The second-order valence-corrected chi connectivity index (χ2v) is 4.96. The van der Waals surface area contributed by atoms with Crippen molar-refractivity contribution in [1.29, 1.82) is 0 Å². The zero-order valence-electron chi connectivity index (χ0n) is 8.97. The molecule has 0 aliphatic heterocycles. The van der Waals surface area contributed by atoms with Crippen molar-refractivity contribution < 1.29 is 4.92 Å². The molecular weight excluding hydrogens is 214 g/mol. The van der Waals surface area contributed by atoms with Crippen molar-refractivity contribution in [2.45, 2.75) is 6.42 Å². The fraction of sp³-hybridized carbons (Fsp3) is 0.556. The van der Waals surface area contributed by atoms with E-state index in [1.807, 2.05) is 20.2 Å². The van der Waals surface area contributed by atoms with Crippen molar-refractivity contribution in [2.24, 2.45) is 5.73 Å². The van der Waals surface area contributed by atoms with E-state index in [0.717, 1.165) is 18.0 Å². The number of hydrogen-bond acceptors (Lipinski definition) is 4. The molecule has 0 saturated carbocycles. The highest BCUT2D eigenvalue weighted by Crippen LogP contribution is 2.33. The Morgan fingerprint density at radius 2 is 2.20 bits per heavy atom. The Balaban J connectivity index is 2.80. The highest BCUT2D eigenvalue weighted by molar-refractivity contribution is 7.19. The third-order valence-corrected chi connectivity index (χ3v) is 3.61. The summed E-state index contributed by atoms with van der Waals surface area (Å²) in [6.07, 6.45) is 0.915. The van der Waals surface area contributed by atoms with E-state index in [4.69, 9.17) is 5.73 Å². The summed E-state index contributed by atoms with van der Waals surface area (Å²) < 4.78 is 0.649. The highest BCUT2D eigenvalue weighted by Gasteiger charge is 2.23. The molecule has 0 aliphatic carbocycles. The largest absolute Gasteiger partial charge is 0.330 e. The molecule has 1 aromatic rings. The van der Waals surface area contributed by atoms with Crippen LogP contribution in [0.15, 0.2) is 12.1 Å². The van der Waals surface area contributed by atoms with Gasteiger partial charge in [0.15, 0.2) is 5.00 Å². The molecular formula is C9H16N3O2S+. The zero-order valence-corrected chi connectivity index (χ0v) is 9.79. The maximum atomic E-state index is 10.5. The van der Waals surface area contributed by atoms with Gasteiger partial charge < -0.3 is 5.73 Å². The normalized spacial score (nSPS) is 11.7. The zero-order chi connectivity index (χ0) is 11.5. The van der Waals surface area contributed by atoms with Crippen molar-refractivity contribution in [3.8, 4) is 0 Å². The molecule has 15 heavy (non-hydrogen) atoms. The second-order valence-electron chi connectivity index (χ2n) is 3.92. The predicted octanol–water partition coefficient (Wildman–Crippen LogP) is 1.57. The van der Waals surface area contributed by atoms with Crippen LogP contribution in [0.25, 0.3) is 0 Å². The summed E-state index contributed by atoms with van der Waals surface area (Å²) in [5.74, 6) is 0. The number of nitrogens with two attached hydrogens (primary N) is 1. The predicted molar refractivity (Wildman–Crippen MR) is 63.2 cm³/mol. The minimum atomic E-state index is -0.350. The summed E-state index contributed by atoms with van der Waals surface area (Å²) in [5, 5.41) is 11.7. The van der Waals surface area contributed by atoms with Crippen molar-refractivity contribution in [1.82, 2.24) is 4.48 Å². The lowest BCUT2D eigenvalue weighted by Crippen LogP contribution is -2.41. The van der Waals surface area contributed by atoms with Crippen molar-refractivity contribution in [3.05, 3.63) is 22.2 Å². The lowest BCUT2D eigenvalue weighted by atomic mass is 10.3. The fourth-order valence-corrected chi connectivity index (χ4v) is 2.24. The Hall–Kier alpha value is -0.980. The van der Waals surface area contributed by atoms with Crippen LogP contribution < -0.4 is 10.2 Å². The van der Waals surface area contributed by atoms with Crippen LogP contribution in [0.5, 0.6) is 0 Å². The first kappa shape index (κ1) is 12.1. The fourth-order valence-electron chi connectivity index (χ4n) is 1.34. The Kier molecular flexibility index (Phi) is 3.78. The van der Waals surface area contributed by atoms with E-state index < -0.39 is 0 Å². The van der Waals surface area contributed by atoms with Crippen LogP contribution in [0.4, 0.5) is 10.0 Å². The summed E-state index contributed by atoms with van der Waals surface area (Å²) in [5.41, 5.74) is 5.45. The summed E-state index contributed by atoms with van der Waals surface area (Å²) in [4.78, 5) is 10.2. The lowest BCUT2D eigenvalue weighted by molar-refractivity contribution is -0.380. The molecule has 1 heterocycles. The molecule has 0 unspecified atom stereocenters. The number of quaternary nitrogens is 1. The van der Waals surface area contributed by atoms with E-state index in [1.165, 1.54) is 11.3 Å². The van der Waals surface area contributed by atoms with Crippen LogP contribution in [-0.2, 0) is 0 Å². The SMILES string of the molecule is C[N+](C)(CCCN)c1ccc([N+](=O)[O-])s1. The van der Waals surface area contributed by atoms with E-state index in [9.17, 15) is 10.1 Å². The molecule has 0 spiro atoms. The first-order valence-electron chi connectivity index (χ1n) is 4.75. The topological polar surface area (TPSA) is 69.2 Å². The standard InChI is InChI=1S/C9H16N3O2S/c1-12(2,7-3-6-10)9-5-4-8(15-9)11(13)14/h4-5H,3,6-7,10H2,1-2H3/q+1. The number of hydrogen-bond donors (Lipinski definition) is 1. The molecule has 0 amide bonds. The molecule has 1 rings (SSSR count). The van der Waals surface area contributed by atoms with E-state index >= 15 is 0 Å². The molecule has 1 aromatic heterocycles. The third kappa shape index (κ3) is 2.98. The Morgan fingerprint density at radius 3 is 2.67 bits per heavy atom. The molecule has 0 aliphatic rings. The van der Waals surface area contributed by atoms with E-state index in [2.05, 4.69) is 0 Å². The first-order valence-corrected chi connectivity index (χ1v) is 5.57. The van der Waals surface area contributed by atoms with Crippen molar-refractivity contribution in [3.63, 3.8) is 0 Å². The summed E-state index contributed by atoms with van der Waals surface area (Å²) in [6.45, 7) is 1.54. The monoisotopic (exact) mass is 230 g/mol. The van der Waals surface area contributed by atoms with Crippen LogP contribution in [0.3, 0.4) is 0 Å². The van der Waals surface area contributed by atoms with Gasteiger partial charge in [0.1, 0.15) is 0 Å². The van der Waals surface area contributed by atoms with E-state index in [1.54, 1.807) is 6.07 Å². The van der Waals surface area contributed by atoms with Gasteiger partial charge in [-0.25, -0.2) is 0 Å². The molecule has 0 saturated heterocycles. The number of nitrogens with zero attached hydrogens (tertiary/aromatic N) is 2. The summed E-state index contributed by atoms with van der Waals surface area (Å²) in [7, 11) is 4.07. The second kappa shape index (κ2) is 4.69. The molecule has 0 atom stereocenters. The van der Waals surface area contributed by atoms with Crippen molar-refractivity contribution in [2.75, 3.05) is 27.2 Å². The molecule has 84 valence electrons. The van der Waals surface area contributed by atoms with Gasteiger partial charge in [-0.1, -0.05) is 0 Å². The van der Waals surface area contributed by atoms with E-state index in [-0.39, 0.29) is 9.92 Å². The third-order valence-electron chi connectivity index (χ3n) is 2.28. The van der Waals surface area contributed by atoms with Gasteiger partial charge in [-0.3, -0.25) is 14.6 Å². The minimum Gasteiger partial charge on any atom is -0.330 e. The number of thiophene rings is 1. The quantitative estimate of drug-likeness (QED) is 0.474. The molecule has 0 aromatic carbocycles. The molecule has 2 N–H and O–H groups in total. The van der Waals surface area contributed by atoms with Crippen LogP contribution in [0, 0.1) is 10.1 Å². The van der Waals surface area contributed by atoms with Crippen LogP contribution >= 0.6 is 11.3 Å². The summed E-state index contributed by atoms with van der Waals surface area (Å²) in [6, 6.07) is 3.38. The maximum absolute atomic E-state index is 10.5. The summed E-state index contributed by atoms with van der Waals surface area (Å²) >= 11 is 1.23. The van der Waals surface area contributed by atoms with Gasteiger partial charge in [0, 0.05) is 18.6 Å². The molecule has 0 fully saturated rings. The Labute approximate surface area is 92.9 Å². The molecule has 6 heteroatoms. The smallest absolute Gasteiger partial charge is 0.329 e. The number of nitro groups is 1. The Morgan fingerprint density at radius 1 is 1.53 bits per heavy atom. The number of rotatable bonds is 5. The van der Waals surface area contributed by atoms with Crippen LogP contribution in [0.1, 0.15) is 6.42 Å². The molecule has 5 nitrogen and oxygen atoms in total. The molecule has 0 bridgehead atoms. The molecule has 0 radical (unpaired) electrons. The highest BCUT2D eigenvalue weighted by atomic mass is 32.1. The average molecular weight is 230 g/mol. The average Bonchev–Trinajstić information content (AvgIpc) is 2.64.